The van der Waals surface area contributed by atoms with Gasteiger partial charge in [0.2, 0.25) is 0 Å². The van der Waals surface area contributed by atoms with Crippen LogP contribution >= 0.6 is 0 Å². The van der Waals surface area contributed by atoms with Gasteiger partial charge in [0, 0.05) is 11.8 Å². The Kier molecular flexibility index (Phi) is 3.90. The Labute approximate surface area is 124 Å². The van der Waals surface area contributed by atoms with E-state index in [0.717, 1.165) is 6.26 Å². The highest BCUT2D eigenvalue weighted by atomic mass is 32.2. The topological polar surface area (TPSA) is 99.1 Å². The lowest BCUT2D eigenvalue weighted by Crippen LogP contribution is -2.27. The molecule has 21 heavy (non-hydrogen) atoms. The maximum absolute atomic E-state index is 11.6. The van der Waals surface area contributed by atoms with Crippen molar-refractivity contribution in [1.82, 2.24) is 10.1 Å². The average molecular weight is 309 g/mol. The molecule has 6 nitrogen and oxygen atoms in total. The first kappa shape index (κ1) is 15.7. The molecule has 0 fully saturated rings. The third-order valence-electron chi connectivity index (χ3n) is 3.16. The molecule has 2 aromatic rings. The van der Waals surface area contributed by atoms with Crippen LogP contribution in [0.5, 0.6) is 0 Å². The normalized spacial score (nSPS) is 14.1. The molecular weight excluding hydrogens is 290 g/mol. The average Bonchev–Trinajstić information content (AvgIpc) is 2.85. The van der Waals surface area contributed by atoms with Gasteiger partial charge in [-0.25, -0.2) is 8.42 Å². The predicted molar refractivity (Wildman–Crippen MR) is 79.2 cm³/mol. The van der Waals surface area contributed by atoms with E-state index in [1.165, 1.54) is 12.1 Å². The van der Waals surface area contributed by atoms with Crippen LogP contribution < -0.4 is 5.73 Å². The Hall–Kier alpha value is -1.73. The largest absolute Gasteiger partial charge is 0.334 e. The zero-order valence-corrected chi connectivity index (χ0v) is 13.3. The Morgan fingerprint density at radius 3 is 2.52 bits per heavy atom. The van der Waals surface area contributed by atoms with Gasteiger partial charge in [0.05, 0.1) is 10.9 Å². The fourth-order valence-corrected chi connectivity index (χ4v) is 2.39. The molecule has 0 aliphatic heterocycles. The summed E-state index contributed by atoms with van der Waals surface area (Å²) in [5.41, 5.74) is 6.44. The lowest BCUT2D eigenvalue weighted by molar-refractivity contribution is 0.303. The number of hydrogen-bond acceptors (Lipinski definition) is 6. The molecule has 2 rings (SSSR count). The van der Waals surface area contributed by atoms with Crippen molar-refractivity contribution in [2.45, 2.75) is 31.7 Å². The monoisotopic (exact) mass is 309 g/mol. The SMILES string of the molecule is CC(C)(C)C(N)c1noc(-c2cccc(S(C)(=O)=O)c2)n1. The molecule has 2 N–H and O–H groups in total. The number of nitrogens with zero attached hydrogens (tertiary/aromatic N) is 2. The Bertz CT molecular complexity index is 745. The molecule has 7 heteroatoms. The summed E-state index contributed by atoms with van der Waals surface area (Å²) in [6, 6.07) is 6.02. The van der Waals surface area contributed by atoms with E-state index in [2.05, 4.69) is 10.1 Å². The number of benzene rings is 1. The highest BCUT2D eigenvalue weighted by Gasteiger charge is 2.27. The molecule has 1 atom stereocenters. The van der Waals surface area contributed by atoms with E-state index >= 15 is 0 Å². The van der Waals surface area contributed by atoms with Crippen molar-refractivity contribution in [3.63, 3.8) is 0 Å². The molecule has 0 amide bonds. The Morgan fingerprint density at radius 2 is 1.95 bits per heavy atom. The quantitative estimate of drug-likeness (QED) is 0.933. The minimum absolute atomic E-state index is 0.199. The van der Waals surface area contributed by atoms with E-state index < -0.39 is 9.84 Å². The van der Waals surface area contributed by atoms with E-state index in [1.54, 1.807) is 12.1 Å². The maximum atomic E-state index is 11.6. The van der Waals surface area contributed by atoms with Crippen molar-refractivity contribution >= 4 is 9.84 Å². The summed E-state index contributed by atoms with van der Waals surface area (Å²) in [7, 11) is -3.28. The third kappa shape index (κ3) is 3.48. The Balaban J connectivity index is 2.39. The summed E-state index contributed by atoms with van der Waals surface area (Å²) in [6.45, 7) is 5.95. The zero-order chi connectivity index (χ0) is 15.8. The summed E-state index contributed by atoms with van der Waals surface area (Å²) >= 11 is 0. The highest BCUT2D eigenvalue weighted by molar-refractivity contribution is 7.90. The molecule has 0 bridgehead atoms. The van der Waals surface area contributed by atoms with Crippen LogP contribution in [0, 0.1) is 5.41 Å². The van der Waals surface area contributed by atoms with Crippen LogP contribution in [0.3, 0.4) is 0 Å². The fraction of sp³-hybridized carbons (Fsp3) is 0.429. The molecule has 1 heterocycles. The minimum Gasteiger partial charge on any atom is -0.334 e. The first-order valence-electron chi connectivity index (χ1n) is 6.49. The summed E-state index contributed by atoms with van der Waals surface area (Å²) in [4.78, 5) is 4.48. The van der Waals surface area contributed by atoms with Gasteiger partial charge in [0.15, 0.2) is 15.7 Å². The van der Waals surface area contributed by atoms with Crippen molar-refractivity contribution in [2.24, 2.45) is 11.1 Å². The predicted octanol–water partition coefficient (Wildman–Crippen LogP) is 2.19. The van der Waals surface area contributed by atoms with Crippen LogP contribution in [0.4, 0.5) is 0 Å². The first-order valence-corrected chi connectivity index (χ1v) is 8.38. The summed E-state index contributed by atoms with van der Waals surface area (Å²) in [5.74, 6) is 0.664. The molecular formula is C14H19N3O3S. The molecule has 1 aromatic carbocycles. The number of rotatable bonds is 3. The molecule has 1 unspecified atom stereocenters. The molecule has 0 spiro atoms. The lowest BCUT2D eigenvalue weighted by Gasteiger charge is -2.23. The molecule has 0 radical (unpaired) electrons. The van der Waals surface area contributed by atoms with Gasteiger partial charge in [-0.15, -0.1) is 0 Å². The van der Waals surface area contributed by atoms with E-state index in [-0.39, 0.29) is 22.2 Å². The summed E-state index contributed by atoms with van der Waals surface area (Å²) in [5, 5.41) is 3.89. The smallest absolute Gasteiger partial charge is 0.258 e. The number of sulfone groups is 1. The van der Waals surface area contributed by atoms with Gasteiger partial charge in [-0.3, -0.25) is 0 Å². The van der Waals surface area contributed by atoms with E-state index in [1.807, 2.05) is 20.8 Å². The highest BCUT2D eigenvalue weighted by Crippen LogP contribution is 2.30. The number of hydrogen-bond donors (Lipinski definition) is 1. The molecule has 1 aromatic heterocycles. The number of aromatic nitrogens is 2. The van der Waals surface area contributed by atoms with Crippen LogP contribution in [0.1, 0.15) is 32.6 Å². The van der Waals surface area contributed by atoms with Crippen LogP contribution in [0.2, 0.25) is 0 Å². The lowest BCUT2D eigenvalue weighted by atomic mass is 9.87. The molecule has 0 saturated heterocycles. The van der Waals surface area contributed by atoms with Crippen LogP contribution in [0.15, 0.2) is 33.7 Å². The molecule has 0 saturated carbocycles. The van der Waals surface area contributed by atoms with Gasteiger partial charge in [-0.05, 0) is 23.6 Å². The van der Waals surface area contributed by atoms with E-state index in [9.17, 15) is 8.42 Å². The van der Waals surface area contributed by atoms with Crippen LogP contribution in [0.25, 0.3) is 11.5 Å². The van der Waals surface area contributed by atoms with Gasteiger partial charge in [0.25, 0.3) is 5.89 Å². The van der Waals surface area contributed by atoms with Gasteiger partial charge >= 0.3 is 0 Å². The van der Waals surface area contributed by atoms with Gasteiger partial charge in [-0.1, -0.05) is 32.0 Å². The van der Waals surface area contributed by atoms with Gasteiger partial charge in [-0.2, -0.15) is 4.98 Å². The Morgan fingerprint density at radius 1 is 1.29 bits per heavy atom. The number of nitrogens with two attached hydrogens (primary N) is 1. The van der Waals surface area contributed by atoms with Crippen molar-refractivity contribution in [2.75, 3.05) is 6.26 Å². The third-order valence-corrected chi connectivity index (χ3v) is 4.27. The summed E-state index contributed by atoms with van der Waals surface area (Å²) < 4.78 is 28.3. The van der Waals surface area contributed by atoms with Crippen molar-refractivity contribution < 1.29 is 12.9 Å². The summed E-state index contributed by atoms with van der Waals surface area (Å²) in [6.07, 6.45) is 1.15. The standard InChI is InChI=1S/C14H19N3O3S/c1-14(2,3)11(15)12-16-13(20-17-12)9-6-5-7-10(8-9)21(4,18)19/h5-8,11H,15H2,1-4H3. The fourth-order valence-electron chi connectivity index (χ4n) is 1.73. The van der Waals surface area contributed by atoms with E-state index in [4.69, 9.17) is 10.3 Å². The van der Waals surface area contributed by atoms with Crippen molar-refractivity contribution in [3.8, 4) is 11.5 Å². The first-order chi connectivity index (χ1) is 9.59. The second-order valence-electron chi connectivity index (χ2n) is 6.10. The molecule has 0 aliphatic rings. The zero-order valence-electron chi connectivity index (χ0n) is 12.5. The molecule has 0 aliphatic carbocycles. The maximum Gasteiger partial charge on any atom is 0.258 e. The second-order valence-corrected chi connectivity index (χ2v) is 8.12. The van der Waals surface area contributed by atoms with Crippen LogP contribution in [-0.4, -0.2) is 24.8 Å². The van der Waals surface area contributed by atoms with Crippen molar-refractivity contribution in [1.29, 1.82) is 0 Å². The van der Waals surface area contributed by atoms with Crippen molar-refractivity contribution in [3.05, 3.63) is 30.1 Å². The van der Waals surface area contributed by atoms with Gasteiger partial charge < -0.3 is 10.3 Å². The molecule has 114 valence electrons. The minimum atomic E-state index is -3.28. The van der Waals surface area contributed by atoms with Gasteiger partial charge in [0.1, 0.15) is 0 Å². The van der Waals surface area contributed by atoms with Crippen LogP contribution in [-0.2, 0) is 9.84 Å². The van der Waals surface area contributed by atoms with E-state index in [0.29, 0.717) is 11.4 Å². The second kappa shape index (κ2) is 5.23.